The summed E-state index contributed by atoms with van der Waals surface area (Å²) in [6.45, 7) is 3.15. The molecule has 0 radical (unpaired) electrons. The summed E-state index contributed by atoms with van der Waals surface area (Å²) in [7, 11) is -1.67. The number of piperidine rings is 1. The fraction of sp³-hybridized carbons (Fsp3) is 0.571. The second-order valence-electron chi connectivity index (χ2n) is 5.34. The highest BCUT2D eigenvalue weighted by molar-refractivity contribution is 9.10. The van der Waals surface area contributed by atoms with Crippen molar-refractivity contribution in [2.24, 2.45) is 0 Å². The van der Waals surface area contributed by atoms with E-state index in [-0.39, 0.29) is 6.04 Å². The molecule has 118 valence electrons. The van der Waals surface area contributed by atoms with Gasteiger partial charge in [-0.15, -0.1) is 0 Å². The Morgan fingerprint density at radius 1 is 1.38 bits per heavy atom. The van der Waals surface area contributed by atoms with E-state index in [1.54, 1.807) is 10.4 Å². The van der Waals surface area contributed by atoms with Crippen LogP contribution in [0.1, 0.15) is 24.8 Å². The van der Waals surface area contributed by atoms with Crippen molar-refractivity contribution < 1.29 is 8.42 Å². The van der Waals surface area contributed by atoms with Gasteiger partial charge in [0.25, 0.3) is 0 Å². The first-order valence-electron chi connectivity index (χ1n) is 7.15. The molecule has 1 heterocycles. The summed E-state index contributed by atoms with van der Waals surface area (Å²) in [6, 6.07) is 5.54. The summed E-state index contributed by atoms with van der Waals surface area (Å²) in [5.41, 5.74) is 1.52. The molecule has 1 aromatic carbocycles. The number of likely N-dealkylation sites (N-methyl/N-ethyl adjacent to an activating group) is 1. The molecule has 0 aliphatic carbocycles. The Kier molecular flexibility index (Phi) is 5.65. The second kappa shape index (κ2) is 7.09. The lowest BCUT2D eigenvalue weighted by Crippen LogP contribution is -2.50. The van der Waals surface area contributed by atoms with Crippen molar-refractivity contribution in [1.82, 2.24) is 9.62 Å². The zero-order valence-corrected chi connectivity index (χ0v) is 14.8. The summed E-state index contributed by atoms with van der Waals surface area (Å²) in [5, 5.41) is 3.08. The lowest BCUT2D eigenvalue weighted by Gasteiger charge is -2.34. The van der Waals surface area contributed by atoms with Gasteiger partial charge < -0.3 is 5.32 Å². The Labute approximate surface area is 135 Å². The molecule has 0 aromatic heterocycles. The Morgan fingerprint density at radius 2 is 2.14 bits per heavy atom. The van der Waals surface area contributed by atoms with Crippen molar-refractivity contribution >= 4 is 31.8 Å². The minimum atomic E-state index is -3.52. The fourth-order valence-corrected chi connectivity index (χ4v) is 4.57. The highest BCUT2D eigenvalue weighted by atomic mass is 79.9. The van der Waals surface area contributed by atoms with Gasteiger partial charge in [-0.25, -0.2) is 0 Å². The van der Waals surface area contributed by atoms with Crippen LogP contribution in [-0.2, 0) is 10.2 Å². The first-order chi connectivity index (χ1) is 9.95. The van der Waals surface area contributed by atoms with Crippen LogP contribution in [0, 0.1) is 6.92 Å². The largest absolute Gasteiger partial charge is 0.318 e. The summed E-state index contributed by atoms with van der Waals surface area (Å²) in [5.74, 6) is 0. The molecule has 1 fully saturated rings. The molecular weight excluding hydrogens is 354 g/mol. The van der Waals surface area contributed by atoms with E-state index in [1.807, 2.05) is 26.1 Å². The monoisotopic (exact) mass is 375 g/mol. The van der Waals surface area contributed by atoms with Crippen molar-refractivity contribution in [3.05, 3.63) is 28.2 Å². The number of anilines is 1. The molecule has 1 aliphatic rings. The third-order valence-electron chi connectivity index (χ3n) is 3.83. The van der Waals surface area contributed by atoms with E-state index in [0.717, 1.165) is 29.3 Å². The zero-order valence-electron chi connectivity index (χ0n) is 12.4. The summed E-state index contributed by atoms with van der Waals surface area (Å²) in [4.78, 5) is 0. The van der Waals surface area contributed by atoms with Crippen molar-refractivity contribution in [3.8, 4) is 0 Å². The van der Waals surface area contributed by atoms with Gasteiger partial charge in [-0.2, -0.15) is 12.7 Å². The predicted octanol–water partition coefficient (Wildman–Crippen LogP) is 2.49. The average molecular weight is 376 g/mol. The third kappa shape index (κ3) is 3.97. The lowest BCUT2D eigenvalue weighted by atomic mass is 10.1. The maximum absolute atomic E-state index is 12.7. The van der Waals surface area contributed by atoms with Crippen LogP contribution in [0.4, 0.5) is 5.69 Å². The van der Waals surface area contributed by atoms with Crippen molar-refractivity contribution in [1.29, 1.82) is 0 Å². The average Bonchev–Trinajstić information content (AvgIpc) is 2.44. The number of nitrogens with zero attached hydrogens (tertiary/aromatic N) is 1. The second-order valence-corrected chi connectivity index (χ2v) is 7.82. The predicted molar refractivity (Wildman–Crippen MR) is 89.7 cm³/mol. The standard InChI is InChI=1S/C14H22BrN3O2S/c1-11-13(15)7-5-8-14(11)17-21(19,20)18-9-4-3-6-12(18)10-16-2/h5,7-8,12,16-17H,3-4,6,9-10H2,1-2H3. The van der Waals surface area contributed by atoms with E-state index < -0.39 is 10.2 Å². The summed E-state index contributed by atoms with van der Waals surface area (Å²) >= 11 is 3.43. The molecule has 0 spiro atoms. The van der Waals surface area contributed by atoms with E-state index >= 15 is 0 Å². The van der Waals surface area contributed by atoms with Gasteiger partial charge in [0.1, 0.15) is 0 Å². The lowest BCUT2D eigenvalue weighted by molar-refractivity contribution is 0.250. The highest BCUT2D eigenvalue weighted by Crippen LogP contribution is 2.27. The SMILES string of the molecule is CNCC1CCCCN1S(=O)(=O)Nc1cccc(Br)c1C. The number of hydrogen-bond donors (Lipinski definition) is 2. The van der Waals surface area contributed by atoms with E-state index in [9.17, 15) is 8.42 Å². The normalized spacial score (nSPS) is 20.4. The molecule has 7 heteroatoms. The molecule has 1 unspecified atom stereocenters. The smallest absolute Gasteiger partial charge is 0.301 e. The van der Waals surface area contributed by atoms with Crippen LogP contribution in [0.5, 0.6) is 0 Å². The first kappa shape index (κ1) is 16.7. The van der Waals surface area contributed by atoms with Crippen LogP contribution >= 0.6 is 15.9 Å². The van der Waals surface area contributed by atoms with Gasteiger partial charge >= 0.3 is 10.2 Å². The van der Waals surface area contributed by atoms with Crippen LogP contribution in [0.25, 0.3) is 0 Å². The molecule has 1 aromatic rings. The van der Waals surface area contributed by atoms with Crippen molar-refractivity contribution in [2.45, 2.75) is 32.2 Å². The first-order valence-corrected chi connectivity index (χ1v) is 9.38. The molecule has 2 N–H and O–H groups in total. The van der Waals surface area contributed by atoms with Gasteiger partial charge in [0, 0.05) is 23.6 Å². The Morgan fingerprint density at radius 3 is 2.86 bits per heavy atom. The minimum absolute atomic E-state index is 0.0220. The number of hydrogen-bond acceptors (Lipinski definition) is 3. The molecule has 1 aliphatic heterocycles. The number of benzene rings is 1. The van der Waals surface area contributed by atoms with Gasteiger partial charge in [-0.3, -0.25) is 4.72 Å². The molecule has 21 heavy (non-hydrogen) atoms. The number of nitrogens with one attached hydrogen (secondary N) is 2. The molecule has 1 saturated heterocycles. The molecule has 0 saturated carbocycles. The zero-order chi connectivity index (χ0) is 15.5. The minimum Gasteiger partial charge on any atom is -0.318 e. The Balaban J connectivity index is 2.22. The number of rotatable bonds is 5. The number of halogens is 1. The van der Waals surface area contributed by atoms with Crippen LogP contribution in [-0.4, -0.2) is 38.9 Å². The van der Waals surface area contributed by atoms with Crippen molar-refractivity contribution in [2.75, 3.05) is 24.9 Å². The molecule has 1 atom stereocenters. The van der Waals surface area contributed by atoms with E-state index in [4.69, 9.17) is 0 Å². The van der Waals surface area contributed by atoms with Crippen LogP contribution in [0.15, 0.2) is 22.7 Å². The summed E-state index contributed by atoms with van der Waals surface area (Å²) < 4.78 is 30.6. The van der Waals surface area contributed by atoms with Crippen LogP contribution < -0.4 is 10.0 Å². The maximum Gasteiger partial charge on any atom is 0.301 e. The highest BCUT2D eigenvalue weighted by Gasteiger charge is 2.32. The van der Waals surface area contributed by atoms with Gasteiger partial charge in [-0.1, -0.05) is 28.4 Å². The Hall–Kier alpha value is -0.630. The van der Waals surface area contributed by atoms with Crippen LogP contribution in [0.2, 0.25) is 0 Å². The topological polar surface area (TPSA) is 61.4 Å². The molecule has 0 bridgehead atoms. The third-order valence-corrected chi connectivity index (χ3v) is 6.26. The Bertz CT molecular complexity index is 590. The maximum atomic E-state index is 12.7. The van der Waals surface area contributed by atoms with E-state index in [2.05, 4.69) is 26.0 Å². The van der Waals surface area contributed by atoms with Crippen LogP contribution in [0.3, 0.4) is 0 Å². The van der Waals surface area contributed by atoms with E-state index in [1.165, 1.54) is 0 Å². The molecule has 5 nitrogen and oxygen atoms in total. The fourth-order valence-electron chi connectivity index (χ4n) is 2.65. The molecule has 0 amide bonds. The summed E-state index contributed by atoms with van der Waals surface area (Å²) in [6.07, 6.45) is 2.89. The van der Waals surface area contributed by atoms with Gasteiger partial charge in [0.15, 0.2) is 0 Å². The van der Waals surface area contributed by atoms with Gasteiger partial charge in [0.2, 0.25) is 0 Å². The van der Waals surface area contributed by atoms with E-state index in [0.29, 0.717) is 18.8 Å². The van der Waals surface area contributed by atoms with Crippen molar-refractivity contribution in [3.63, 3.8) is 0 Å². The van der Waals surface area contributed by atoms with Gasteiger partial charge in [0.05, 0.1) is 5.69 Å². The quantitative estimate of drug-likeness (QED) is 0.830. The molecular formula is C14H22BrN3O2S. The van der Waals surface area contributed by atoms with Gasteiger partial charge in [-0.05, 0) is 44.5 Å². The molecule has 2 rings (SSSR count).